The first kappa shape index (κ1) is 17.7. The number of carbonyl (C=O) groups excluding carboxylic acids is 1. The smallest absolute Gasteiger partial charge is 0.282 e. The summed E-state index contributed by atoms with van der Waals surface area (Å²) >= 11 is 0. The topological polar surface area (TPSA) is 81.9 Å². The number of amides is 1. The van der Waals surface area contributed by atoms with Gasteiger partial charge in [0.1, 0.15) is 17.1 Å². The molecule has 1 amide bonds. The molecular weight excluding hydrogens is 336 g/mol. The monoisotopic (exact) mass is 356 g/mol. The Labute approximate surface area is 151 Å². The van der Waals surface area contributed by atoms with Gasteiger partial charge in [-0.1, -0.05) is 12.1 Å². The van der Waals surface area contributed by atoms with Gasteiger partial charge in [0.05, 0.1) is 25.2 Å². The van der Waals surface area contributed by atoms with Crippen molar-refractivity contribution in [2.24, 2.45) is 0 Å². The summed E-state index contributed by atoms with van der Waals surface area (Å²) < 4.78 is 10.7. The average molecular weight is 356 g/mol. The van der Waals surface area contributed by atoms with E-state index >= 15 is 0 Å². The molecule has 0 N–H and O–H groups in total. The Hall–Kier alpha value is -3.09. The van der Waals surface area contributed by atoms with Crippen molar-refractivity contribution >= 4 is 11.6 Å². The molecule has 2 aromatic rings. The van der Waals surface area contributed by atoms with Gasteiger partial charge in [-0.25, -0.2) is 0 Å². The highest BCUT2D eigenvalue weighted by molar-refractivity contribution is 5.98. The Morgan fingerprint density at radius 1 is 1.19 bits per heavy atom. The Bertz CT molecular complexity index is 836. The van der Waals surface area contributed by atoms with Crippen LogP contribution in [0.3, 0.4) is 0 Å². The molecule has 0 spiro atoms. The van der Waals surface area contributed by atoms with E-state index in [0.29, 0.717) is 18.0 Å². The van der Waals surface area contributed by atoms with E-state index in [1.807, 2.05) is 6.07 Å². The molecule has 26 heavy (non-hydrogen) atoms. The van der Waals surface area contributed by atoms with Crippen LogP contribution in [-0.4, -0.2) is 36.5 Å². The second-order valence-corrected chi connectivity index (χ2v) is 6.04. The summed E-state index contributed by atoms with van der Waals surface area (Å²) in [7, 11) is 3.16. The van der Waals surface area contributed by atoms with E-state index in [0.717, 1.165) is 18.4 Å². The highest BCUT2D eigenvalue weighted by atomic mass is 16.6. The number of rotatable bonds is 5. The highest BCUT2D eigenvalue weighted by Gasteiger charge is 2.35. The Kier molecular flexibility index (Phi) is 5.06. The van der Waals surface area contributed by atoms with Gasteiger partial charge in [-0.05, 0) is 37.1 Å². The number of likely N-dealkylation sites (tertiary alicyclic amines) is 1. The first-order valence-corrected chi connectivity index (χ1v) is 8.33. The van der Waals surface area contributed by atoms with Gasteiger partial charge < -0.3 is 14.4 Å². The fourth-order valence-corrected chi connectivity index (χ4v) is 3.40. The van der Waals surface area contributed by atoms with E-state index in [1.54, 1.807) is 43.4 Å². The van der Waals surface area contributed by atoms with Crippen molar-refractivity contribution in [2.45, 2.75) is 18.9 Å². The molecule has 0 radical (unpaired) electrons. The molecule has 0 aliphatic carbocycles. The molecule has 1 aliphatic rings. The van der Waals surface area contributed by atoms with Crippen LogP contribution in [0.2, 0.25) is 0 Å². The molecule has 0 bridgehead atoms. The second-order valence-electron chi connectivity index (χ2n) is 6.04. The zero-order valence-corrected chi connectivity index (χ0v) is 14.7. The van der Waals surface area contributed by atoms with Crippen molar-refractivity contribution in [1.29, 1.82) is 0 Å². The number of benzene rings is 2. The summed E-state index contributed by atoms with van der Waals surface area (Å²) in [5, 5.41) is 11.3. The molecule has 0 saturated carbocycles. The summed E-state index contributed by atoms with van der Waals surface area (Å²) in [4.78, 5) is 25.5. The standard InChI is InChI=1S/C19H20N2O5/c1-25-13-9-10-18(26-2)15(12-13)16-8-5-11-20(16)19(22)14-6-3-4-7-17(14)21(23)24/h3-4,6-7,9-10,12,16H,5,8,11H2,1-2H3. The second kappa shape index (κ2) is 7.43. The van der Waals surface area contributed by atoms with Crippen LogP contribution in [0.1, 0.15) is 34.8 Å². The van der Waals surface area contributed by atoms with Gasteiger partial charge in [-0.15, -0.1) is 0 Å². The molecule has 7 nitrogen and oxygen atoms in total. The van der Waals surface area contributed by atoms with Gasteiger partial charge in [0, 0.05) is 18.2 Å². The van der Waals surface area contributed by atoms with E-state index < -0.39 is 4.92 Å². The normalized spacial score (nSPS) is 16.4. The molecule has 0 aromatic heterocycles. The lowest BCUT2D eigenvalue weighted by Crippen LogP contribution is -2.31. The lowest BCUT2D eigenvalue weighted by molar-refractivity contribution is -0.385. The Balaban J connectivity index is 1.99. The maximum Gasteiger partial charge on any atom is 0.282 e. The van der Waals surface area contributed by atoms with Crippen LogP contribution in [0.5, 0.6) is 11.5 Å². The van der Waals surface area contributed by atoms with E-state index in [9.17, 15) is 14.9 Å². The van der Waals surface area contributed by atoms with Gasteiger partial charge in [0.25, 0.3) is 11.6 Å². The highest BCUT2D eigenvalue weighted by Crippen LogP contribution is 2.40. The van der Waals surface area contributed by atoms with E-state index in [-0.39, 0.29) is 23.2 Å². The third-order valence-corrected chi connectivity index (χ3v) is 4.64. The lowest BCUT2D eigenvalue weighted by Gasteiger charge is -2.26. The van der Waals surface area contributed by atoms with E-state index in [2.05, 4.69) is 0 Å². The largest absolute Gasteiger partial charge is 0.497 e. The van der Waals surface area contributed by atoms with Crippen molar-refractivity contribution in [2.75, 3.05) is 20.8 Å². The maximum atomic E-state index is 13.1. The lowest BCUT2D eigenvalue weighted by atomic mass is 10.0. The van der Waals surface area contributed by atoms with Crippen LogP contribution in [0.25, 0.3) is 0 Å². The number of nitro benzene ring substituents is 1. The number of ether oxygens (including phenoxy) is 2. The van der Waals surface area contributed by atoms with Crippen LogP contribution >= 0.6 is 0 Å². The van der Waals surface area contributed by atoms with Gasteiger partial charge in [-0.3, -0.25) is 14.9 Å². The van der Waals surface area contributed by atoms with Crippen molar-refractivity contribution in [1.82, 2.24) is 4.90 Å². The fourth-order valence-electron chi connectivity index (χ4n) is 3.40. The average Bonchev–Trinajstić information content (AvgIpc) is 3.16. The Morgan fingerprint density at radius 3 is 2.65 bits per heavy atom. The molecule has 3 rings (SSSR count). The van der Waals surface area contributed by atoms with Gasteiger partial charge >= 0.3 is 0 Å². The molecule has 1 aliphatic heterocycles. The van der Waals surface area contributed by atoms with Crippen molar-refractivity contribution < 1.29 is 19.2 Å². The number of carbonyl (C=O) groups is 1. The van der Waals surface area contributed by atoms with Crippen LogP contribution < -0.4 is 9.47 Å². The quantitative estimate of drug-likeness (QED) is 0.604. The van der Waals surface area contributed by atoms with Gasteiger partial charge in [-0.2, -0.15) is 0 Å². The van der Waals surface area contributed by atoms with Crippen molar-refractivity contribution in [3.8, 4) is 11.5 Å². The van der Waals surface area contributed by atoms with Crippen molar-refractivity contribution in [3.05, 3.63) is 63.7 Å². The minimum atomic E-state index is -0.523. The number of nitrogens with zero attached hydrogens (tertiary/aromatic N) is 2. The molecule has 2 aromatic carbocycles. The summed E-state index contributed by atoms with van der Waals surface area (Å²) in [5.41, 5.74) is 0.767. The summed E-state index contributed by atoms with van der Waals surface area (Å²) in [5.74, 6) is 0.994. The van der Waals surface area contributed by atoms with Gasteiger partial charge in [0.15, 0.2) is 0 Å². The number of methoxy groups -OCH3 is 2. The molecule has 1 saturated heterocycles. The van der Waals surface area contributed by atoms with Crippen LogP contribution in [-0.2, 0) is 0 Å². The maximum absolute atomic E-state index is 13.1. The number of hydrogen-bond donors (Lipinski definition) is 0. The molecule has 1 atom stereocenters. The minimum Gasteiger partial charge on any atom is -0.497 e. The van der Waals surface area contributed by atoms with Crippen LogP contribution in [0.15, 0.2) is 42.5 Å². The SMILES string of the molecule is COc1ccc(OC)c(C2CCCN2C(=O)c2ccccc2[N+](=O)[O-])c1. The van der Waals surface area contributed by atoms with Crippen LogP contribution in [0, 0.1) is 10.1 Å². The van der Waals surface area contributed by atoms with E-state index in [4.69, 9.17) is 9.47 Å². The van der Waals surface area contributed by atoms with Gasteiger partial charge in [0.2, 0.25) is 0 Å². The summed E-state index contributed by atoms with van der Waals surface area (Å²) in [6.07, 6.45) is 1.58. The zero-order valence-electron chi connectivity index (χ0n) is 14.7. The molecular formula is C19H20N2O5. The first-order valence-electron chi connectivity index (χ1n) is 8.33. The third kappa shape index (κ3) is 3.20. The number of nitro groups is 1. The zero-order chi connectivity index (χ0) is 18.7. The fraction of sp³-hybridized carbons (Fsp3) is 0.316. The Morgan fingerprint density at radius 2 is 1.96 bits per heavy atom. The molecule has 136 valence electrons. The molecule has 1 heterocycles. The molecule has 7 heteroatoms. The van der Waals surface area contributed by atoms with Crippen LogP contribution in [0.4, 0.5) is 5.69 Å². The first-order chi connectivity index (χ1) is 12.6. The molecule has 1 fully saturated rings. The summed E-state index contributed by atoms with van der Waals surface area (Å²) in [6, 6.07) is 11.3. The predicted molar refractivity (Wildman–Crippen MR) is 95.7 cm³/mol. The number of para-hydroxylation sites is 1. The number of hydrogen-bond acceptors (Lipinski definition) is 5. The third-order valence-electron chi connectivity index (χ3n) is 4.64. The molecule has 1 unspecified atom stereocenters. The van der Waals surface area contributed by atoms with E-state index in [1.165, 1.54) is 12.1 Å². The van der Waals surface area contributed by atoms with Crippen molar-refractivity contribution in [3.63, 3.8) is 0 Å². The minimum absolute atomic E-state index is 0.103. The summed E-state index contributed by atoms with van der Waals surface area (Å²) in [6.45, 7) is 0.538. The predicted octanol–water partition coefficient (Wildman–Crippen LogP) is 3.59.